The summed E-state index contributed by atoms with van der Waals surface area (Å²) in [6, 6.07) is 0. The van der Waals surface area contributed by atoms with Crippen molar-refractivity contribution in [3.05, 3.63) is 0 Å². The number of unbranched alkanes of at least 4 members (excludes halogenated alkanes) is 5. The molecule has 0 atom stereocenters. The fourth-order valence-electron chi connectivity index (χ4n) is 4.26. The van der Waals surface area contributed by atoms with Crippen LogP contribution in [0.5, 0.6) is 0 Å². The van der Waals surface area contributed by atoms with Gasteiger partial charge in [0.1, 0.15) is 0 Å². The van der Waals surface area contributed by atoms with Crippen molar-refractivity contribution < 1.29 is 9.68 Å². The van der Waals surface area contributed by atoms with Crippen LogP contribution in [0.25, 0.3) is 0 Å². The van der Waals surface area contributed by atoms with Crippen LogP contribution in [0.15, 0.2) is 0 Å². The maximum absolute atomic E-state index is 8.28. The molecule has 2 rings (SSSR count). The van der Waals surface area contributed by atoms with Crippen LogP contribution in [0.2, 0.25) is 0 Å². The Balaban J connectivity index is 0.000000232. The first kappa shape index (κ1) is 21.0. The molecule has 2 aliphatic carbocycles. The highest BCUT2D eigenvalue weighted by Gasteiger charge is 2.24. The highest BCUT2D eigenvalue weighted by molar-refractivity contribution is 6.15. The van der Waals surface area contributed by atoms with E-state index in [4.69, 9.17) is 9.68 Å². The topological polar surface area (TPSA) is 29.5 Å². The molecule has 0 bridgehead atoms. The van der Waals surface area contributed by atoms with Crippen molar-refractivity contribution in [1.82, 2.24) is 0 Å². The molecular weight excluding hydrogens is 283 g/mol. The molecule has 3 heteroatoms. The quantitative estimate of drug-likeness (QED) is 0.431. The Kier molecular flexibility index (Phi) is 14.2. The van der Waals surface area contributed by atoms with E-state index < -0.39 is 0 Å². The summed E-state index contributed by atoms with van der Waals surface area (Å²) in [7, 11) is -0.130. The van der Waals surface area contributed by atoms with E-state index in [1.165, 1.54) is 70.6 Å². The van der Waals surface area contributed by atoms with Gasteiger partial charge in [0.25, 0.3) is 0 Å². The van der Waals surface area contributed by atoms with E-state index in [0.29, 0.717) is 6.61 Å². The number of hydrogen-bond acceptors (Lipinski definition) is 2. The molecule has 23 heavy (non-hydrogen) atoms. The summed E-state index contributed by atoms with van der Waals surface area (Å²) in [5.74, 6) is 2.28. The molecule has 0 aromatic rings. The van der Waals surface area contributed by atoms with Crippen molar-refractivity contribution in [1.29, 1.82) is 0 Å². The molecule has 1 N–H and O–H groups in total. The number of rotatable bonds is 9. The lowest BCUT2D eigenvalue weighted by molar-refractivity contribution is 0.196. The van der Waals surface area contributed by atoms with E-state index in [2.05, 4.69) is 6.92 Å². The summed E-state index contributed by atoms with van der Waals surface area (Å²) < 4.78 is 4.80. The van der Waals surface area contributed by atoms with Gasteiger partial charge in [-0.3, -0.25) is 0 Å². The van der Waals surface area contributed by atoms with Crippen LogP contribution >= 0.6 is 0 Å². The van der Waals surface area contributed by atoms with E-state index in [9.17, 15) is 0 Å². The zero-order valence-corrected chi connectivity index (χ0v) is 15.7. The van der Waals surface area contributed by atoms with Crippen LogP contribution < -0.4 is 0 Å². The van der Waals surface area contributed by atoms with Crippen LogP contribution in [-0.4, -0.2) is 19.3 Å². The predicted molar refractivity (Wildman–Crippen MR) is 102 cm³/mol. The zero-order valence-electron chi connectivity index (χ0n) is 15.7. The highest BCUT2D eigenvalue weighted by atomic mass is 16.5. The summed E-state index contributed by atoms with van der Waals surface area (Å²) in [5, 5.41) is 8.28. The van der Waals surface area contributed by atoms with E-state index in [1.54, 1.807) is 25.7 Å². The van der Waals surface area contributed by atoms with Gasteiger partial charge in [0.15, 0.2) is 0 Å². The van der Waals surface area contributed by atoms with Crippen LogP contribution in [0.3, 0.4) is 0 Å². The minimum absolute atomic E-state index is 0.130. The number of hydrogen-bond donors (Lipinski definition) is 1. The van der Waals surface area contributed by atoms with Gasteiger partial charge in [0.05, 0.1) is 0 Å². The lowest BCUT2D eigenvalue weighted by Crippen LogP contribution is -2.20. The van der Waals surface area contributed by atoms with Crippen molar-refractivity contribution in [3.8, 4) is 0 Å². The first-order valence-electron chi connectivity index (χ1n) is 10.6. The van der Waals surface area contributed by atoms with Crippen LogP contribution in [0, 0.1) is 11.8 Å². The first-order valence-corrected chi connectivity index (χ1v) is 10.6. The predicted octanol–water partition coefficient (Wildman–Crippen LogP) is 5.77. The second-order valence-corrected chi connectivity index (χ2v) is 7.60. The molecule has 2 fully saturated rings. The molecule has 0 saturated heterocycles. The molecule has 136 valence electrons. The molecule has 0 amide bonds. The van der Waals surface area contributed by atoms with E-state index in [1.807, 2.05) is 0 Å². The van der Waals surface area contributed by atoms with E-state index in [-0.39, 0.29) is 7.69 Å². The van der Waals surface area contributed by atoms with Gasteiger partial charge < -0.3 is 9.68 Å². The van der Waals surface area contributed by atoms with Crippen molar-refractivity contribution in [2.24, 2.45) is 11.8 Å². The van der Waals surface area contributed by atoms with E-state index in [0.717, 1.165) is 18.3 Å². The van der Waals surface area contributed by atoms with Gasteiger partial charge >= 0.3 is 7.69 Å². The lowest BCUT2D eigenvalue weighted by Gasteiger charge is -2.32. The van der Waals surface area contributed by atoms with Gasteiger partial charge in [-0.2, -0.15) is 0 Å². The molecule has 2 saturated carbocycles. The van der Waals surface area contributed by atoms with Gasteiger partial charge in [0.2, 0.25) is 0 Å². The van der Waals surface area contributed by atoms with Crippen molar-refractivity contribution in [2.45, 2.75) is 110 Å². The fourth-order valence-corrected chi connectivity index (χ4v) is 4.26. The second kappa shape index (κ2) is 15.5. The highest BCUT2D eigenvalue weighted by Crippen LogP contribution is 2.37. The third kappa shape index (κ3) is 11.2. The normalized spacial score (nSPS) is 19.9. The third-order valence-electron chi connectivity index (χ3n) is 5.70. The summed E-state index contributed by atoms with van der Waals surface area (Å²) >= 11 is 0. The van der Waals surface area contributed by atoms with Gasteiger partial charge in [0, 0.05) is 6.61 Å². The first-order chi connectivity index (χ1) is 11.4. The van der Waals surface area contributed by atoms with E-state index >= 15 is 0 Å². The smallest absolute Gasteiger partial charge is 0.430 e. The van der Waals surface area contributed by atoms with Crippen LogP contribution in [-0.2, 0) is 4.65 Å². The van der Waals surface area contributed by atoms with Crippen molar-refractivity contribution >= 4 is 7.69 Å². The van der Waals surface area contributed by atoms with Crippen molar-refractivity contribution in [3.63, 3.8) is 0 Å². The van der Waals surface area contributed by atoms with Gasteiger partial charge in [-0.05, 0) is 18.3 Å². The molecule has 0 unspecified atom stereocenters. The Hall–Kier alpha value is -0.0151. The lowest BCUT2D eigenvalue weighted by atomic mass is 9.73. The van der Waals surface area contributed by atoms with Crippen LogP contribution in [0.1, 0.15) is 110 Å². The second-order valence-electron chi connectivity index (χ2n) is 7.60. The molecule has 0 aliphatic heterocycles. The molecular formula is C20H41BO2. The summed E-state index contributed by atoms with van der Waals surface area (Å²) in [5.41, 5.74) is 0. The van der Waals surface area contributed by atoms with Crippen molar-refractivity contribution in [2.75, 3.05) is 6.61 Å². The SMILES string of the molecule is C1CCC(C2CCCCC2)CC1.CCCCCCCCOBO. The Morgan fingerprint density at radius 1 is 0.739 bits per heavy atom. The van der Waals surface area contributed by atoms with Gasteiger partial charge in [-0.1, -0.05) is 103 Å². The minimum Gasteiger partial charge on any atom is -0.430 e. The average Bonchev–Trinajstić information content (AvgIpc) is 2.63. The maximum Gasteiger partial charge on any atom is 0.435 e. The molecule has 0 spiro atoms. The summed E-state index contributed by atoms with van der Waals surface area (Å²) in [4.78, 5) is 0. The Bertz CT molecular complexity index is 212. The Labute approximate surface area is 146 Å². The van der Waals surface area contributed by atoms with Gasteiger partial charge in [-0.25, -0.2) is 0 Å². The summed E-state index contributed by atoms with van der Waals surface area (Å²) in [6.45, 7) is 2.93. The Morgan fingerprint density at radius 3 is 1.70 bits per heavy atom. The van der Waals surface area contributed by atoms with Gasteiger partial charge in [-0.15, -0.1) is 0 Å². The molecule has 2 nitrogen and oxygen atoms in total. The molecule has 0 aromatic heterocycles. The Morgan fingerprint density at radius 2 is 1.22 bits per heavy atom. The molecule has 0 heterocycles. The minimum atomic E-state index is -0.130. The molecule has 0 aromatic carbocycles. The largest absolute Gasteiger partial charge is 0.435 e. The average molecular weight is 324 g/mol. The molecule has 0 radical (unpaired) electrons. The monoisotopic (exact) mass is 324 g/mol. The zero-order chi connectivity index (χ0) is 16.6. The molecule has 2 aliphatic rings. The maximum atomic E-state index is 8.28. The third-order valence-corrected chi connectivity index (χ3v) is 5.70. The fraction of sp³-hybridized carbons (Fsp3) is 1.00. The van der Waals surface area contributed by atoms with Crippen LogP contribution in [0.4, 0.5) is 0 Å². The standard InChI is InChI=1S/C12H22.C8H19BO2/c1-3-7-11(8-4-1)12-9-5-2-6-10-12;1-2-3-4-5-6-7-8-11-9-10/h11-12H,1-10H2;9-10H,2-8H2,1H3. The summed E-state index contributed by atoms with van der Waals surface area (Å²) in [6.07, 6.45) is 23.0.